The van der Waals surface area contributed by atoms with Crippen molar-refractivity contribution in [1.82, 2.24) is 9.97 Å². The fourth-order valence-electron chi connectivity index (χ4n) is 1.91. The molecule has 0 aliphatic carbocycles. The minimum atomic E-state index is 0.521. The van der Waals surface area contributed by atoms with Crippen LogP contribution < -0.4 is 11.5 Å². The van der Waals surface area contributed by atoms with Crippen molar-refractivity contribution < 1.29 is 0 Å². The Bertz CT molecular complexity index is 705. The first kappa shape index (κ1) is 10.5. The minimum absolute atomic E-state index is 0.521. The molecule has 0 amide bonds. The van der Waals surface area contributed by atoms with E-state index in [1.54, 1.807) is 18.5 Å². The molecule has 4 nitrogen and oxygen atoms in total. The van der Waals surface area contributed by atoms with Gasteiger partial charge in [-0.25, -0.2) is 9.97 Å². The van der Waals surface area contributed by atoms with E-state index in [9.17, 15) is 0 Å². The molecule has 0 spiro atoms. The van der Waals surface area contributed by atoms with Crippen LogP contribution in [0.3, 0.4) is 0 Å². The van der Waals surface area contributed by atoms with Gasteiger partial charge in [0, 0.05) is 23.3 Å². The summed E-state index contributed by atoms with van der Waals surface area (Å²) in [5.41, 5.74) is 13.4. The van der Waals surface area contributed by atoms with E-state index in [4.69, 9.17) is 11.5 Å². The monoisotopic (exact) mass is 236 g/mol. The van der Waals surface area contributed by atoms with Crippen molar-refractivity contribution >= 4 is 22.4 Å². The van der Waals surface area contributed by atoms with Crippen LogP contribution in [0, 0.1) is 0 Å². The molecule has 0 aliphatic heterocycles. The molecule has 0 bridgehead atoms. The topological polar surface area (TPSA) is 77.8 Å². The maximum atomic E-state index is 5.69. The third-order valence-electron chi connectivity index (χ3n) is 2.86. The highest BCUT2D eigenvalue weighted by atomic mass is 14.8. The Kier molecular flexibility index (Phi) is 2.34. The number of nitrogen functional groups attached to an aromatic ring is 2. The Labute approximate surface area is 104 Å². The van der Waals surface area contributed by atoms with Crippen molar-refractivity contribution in [3.63, 3.8) is 0 Å². The lowest BCUT2D eigenvalue weighted by Gasteiger charge is -2.04. The molecule has 0 unspecified atom stereocenters. The van der Waals surface area contributed by atoms with Gasteiger partial charge in [-0.2, -0.15) is 0 Å². The summed E-state index contributed by atoms with van der Waals surface area (Å²) in [4.78, 5) is 8.16. The van der Waals surface area contributed by atoms with E-state index < -0.39 is 0 Å². The van der Waals surface area contributed by atoms with E-state index in [1.165, 1.54) is 0 Å². The number of hydrogen-bond acceptors (Lipinski definition) is 4. The van der Waals surface area contributed by atoms with Crippen LogP contribution in [0.2, 0.25) is 0 Å². The van der Waals surface area contributed by atoms with Crippen LogP contribution in [0.15, 0.2) is 48.8 Å². The van der Waals surface area contributed by atoms with Crippen LogP contribution in [0.1, 0.15) is 0 Å². The van der Waals surface area contributed by atoms with E-state index in [2.05, 4.69) is 16.0 Å². The van der Waals surface area contributed by atoms with Crippen LogP contribution in [0.25, 0.3) is 21.9 Å². The number of fused-ring (bicyclic) bond motifs is 1. The predicted octanol–water partition coefficient (Wildman–Crippen LogP) is 2.46. The molecule has 4 heteroatoms. The zero-order chi connectivity index (χ0) is 12.5. The summed E-state index contributed by atoms with van der Waals surface area (Å²) in [5, 5.41) is 2.13. The number of anilines is 2. The summed E-state index contributed by atoms with van der Waals surface area (Å²) >= 11 is 0. The summed E-state index contributed by atoms with van der Waals surface area (Å²) < 4.78 is 0. The molecule has 3 rings (SSSR count). The van der Waals surface area contributed by atoms with Gasteiger partial charge in [-0.05, 0) is 35.2 Å². The van der Waals surface area contributed by atoms with Crippen LogP contribution in [-0.2, 0) is 0 Å². The SMILES string of the molecule is Nc1ccc(-c2ccc3cnc(N)cc3c2)cn1. The molecule has 2 aromatic heterocycles. The summed E-state index contributed by atoms with van der Waals surface area (Å²) in [6.07, 6.45) is 3.54. The summed E-state index contributed by atoms with van der Waals surface area (Å²) in [6.45, 7) is 0. The van der Waals surface area contributed by atoms with Crippen molar-refractivity contribution in [2.75, 3.05) is 11.5 Å². The van der Waals surface area contributed by atoms with Crippen LogP contribution in [0.4, 0.5) is 11.6 Å². The Morgan fingerprint density at radius 3 is 2.22 bits per heavy atom. The first-order valence-electron chi connectivity index (χ1n) is 5.59. The van der Waals surface area contributed by atoms with Gasteiger partial charge >= 0.3 is 0 Å². The van der Waals surface area contributed by atoms with Gasteiger partial charge in [-0.1, -0.05) is 12.1 Å². The Morgan fingerprint density at radius 1 is 0.667 bits per heavy atom. The molecule has 18 heavy (non-hydrogen) atoms. The van der Waals surface area contributed by atoms with Gasteiger partial charge in [0.25, 0.3) is 0 Å². The molecule has 0 radical (unpaired) electrons. The zero-order valence-corrected chi connectivity index (χ0v) is 9.67. The lowest BCUT2D eigenvalue weighted by molar-refractivity contribution is 1.34. The zero-order valence-electron chi connectivity index (χ0n) is 9.67. The van der Waals surface area contributed by atoms with Crippen LogP contribution in [0.5, 0.6) is 0 Å². The maximum Gasteiger partial charge on any atom is 0.123 e. The second kappa shape index (κ2) is 4.00. The van der Waals surface area contributed by atoms with E-state index >= 15 is 0 Å². The Morgan fingerprint density at radius 2 is 1.44 bits per heavy atom. The number of benzene rings is 1. The van der Waals surface area contributed by atoms with Crippen LogP contribution >= 0.6 is 0 Å². The molecule has 1 aromatic carbocycles. The standard InChI is InChI=1S/C14H12N4/c15-13-4-3-10(7-17-13)9-1-2-11-8-18-14(16)6-12(11)5-9/h1-8H,(H2,15,17)(H2,16,18). The van der Waals surface area contributed by atoms with Gasteiger partial charge in [0.2, 0.25) is 0 Å². The molecule has 0 fully saturated rings. The van der Waals surface area contributed by atoms with Gasteiger partial charge in [-0.15, -0.1) is 0 Å². The third-order valence-corrected chi connectivity index (χ3v) is 2.86. The minimum Gasteiger partial charge on any atom is -0.384 e. The number of aromatic nitrogens is 2. The normalized spacial score (nSPS) is 10.7. The van der Waals surface area contributed by atoms with Crippen molar-refractivity contribution in [3.8, 4) is 11.1 Å². The number of nitrogens with two attached hydrogens (primary N) is 2. The van der Waals surface area contributed by atoms with Gasteiger partial charge in [0.05, 0.1) is 0 Å². The average Bonchev–Trinajstić information content (AvgIpc) is 2.38. The highest BCUT2D eigenvalue weighted by Gasteiger charge is 2.01. The number of rotatable bonds is 1. The van der Waals surface area contributed by atoms with E-state index in [-0.39, 0.29) is 0 Å². The molecule has 0 saturated heterocycles. The van der Waals surface area contributed by atoms with Crippen LogP contribution in [-0.4, -0.2) is 9.97 Å². The molecule has 0 saturated carbocycles. The number of pyridine rings is 2. The highest BCUT2D eigenvalue weighted by molar-refractivity contribution is 5.88. The maximum absolute atomic E-state index is 5.69. The summed E-state index contributed by atoms with van der Waals surface area (Å²) in [6, 6.07) is 11.7. The smallest absolute Gasteiger partial charge is 0.123 e. The van der Waals surface area contributed by atoms with E-state index in [0.717, 1.165) is 21.9 Å². The Hall–Kier alpha value is -2.62. The average molecular weight is 236 g/mol. The fraction of sp³-hybridized carbons (Fsp3) is 0. The van der Waals surface area contributed by atoms with Gasteiger partial charge < -0.3 is 11.5 Å². The fourth-order valence-corrected chi connectivity index (χ4v) is 1.91. The van der Waals surface area contributed by atoms with Gasteiger partial charge in [0.15, 0.2) is 0 Å². The largest absolute Gasteiger partial charge is 0.384 e. The second-order valence-corrected chi connectivity index (χ2v) is 4.14. The van der Waals surface area contributed by atoms with Crippen molar-refractivity contribution in [3.05, 3.63) is 48.8 Å². The molecule has 0 atom stereocenters. The number of hydrogen-bond donors (Lipinski definition) is 2. The summed E-state index contributed by atoms with van der Waals surface area (Å²) in [7, 11) is 0. The predicted molar refractivity (Wildman–Crippen MR) is 73.8 cm³/mol. The summed E-state index contributed by atoms with van der Waals surface area (Å²) in [5.74, 6) is 1.04. The molecular formula is C14H12N4. The van der Waals surface area contributed by atoms with E-state index in [0.29, 0.717) is 11.6 Å². The first-order chi connectivity index (χ1) is 8.72. The van der Waals surface area contributed by atoms with Crippen molar-refractivity contribution in [1.29, 1.82) is 0 Å². The molecular weight excluding hydrogens is 224 g/mol. The lowest BCUT2D eigenvalue weighted by Crippen LogP contribution is -1.90. The molecule has 2 heterocycles. The second-order valence-electron chi connectivity index (χ2n) is 4.14. The molecule has 3 aromatic rings. The molecule has 88 valence electrons. The molecule has 4 N–H and O–H groups in total. The quantitative estimate of drug-likeness (QED) is 0.680. The highest BCUT2D eigenvalue weighted by Crippen LogP contribution is 2.24. The lowest BCUT2D eigenvalue weighted by atomic mass is 10.0. The number of nitrogens with zero attached hydrogens (tertiary/aromatic N) is 2. The first-order valence-corrected chi connectivity index (χ1v) is 5.59. The van der Waals surface area contributed by atoms with Crippen molar-refractivity contribution in [2.45, 2.75) is 0 Å². The molecule has 0 aliphatic rings. The van der Waals surface area contributed by atoms with Gasteiger partial charge in [0.1, 0.15) is 11.6 Å². The Balaban J connectivity index is 2.15. The van der Waals surface area contributed by atoms with Gasteiger partial charge in [-0.3, -0.25) is 0 Å². The van der Waals surface area contributed by atoms with E-state index in [1.807, 2.05) is 24.3 Å². The van der Waals surface area contributed by atoms with Crippen molar-refractivity contribution in [2.24, 2.45) is 0 Å². The third kappa shape index (κ3) is 1.84.